The van der Waals surface area contributed by atoms with Gasteiger partial charge < -0.3 is 12.7 Å². The molecule has 0 spiro atoms. The highest BCUT2D eigenvalue weighted by Crippen LogP contribution is 1.95. The third-order valence-electron chi connectivity index (χ3n) is 0.575. The molecule has 0 bridgehead atoms. The predicted molar refractivity (Wildman–Crippen MR) is 31.7 cm³/mol. The molecule has 0 atom stereocenters. The van der Waals surface area contributed by atoms with Crippen molar-refractivity contribution in [2.24, 2.45) is 0 Å². The Balaban J connectivity index is 3.76. The van der Waals surface area contributed by atoms with Gasteiger partial charge in [-0.25, -0.2) is 0 Å². The van der Waals surface area contributed by atoms with Gasteiger partial charge in [0.2, 0.25) is 21.0 Å². The normalized spacial score (nSPS) is 11.4. The summed E-state index contributed by atoms with van der Waals surface area (Å²) >= 11 is 0. The molecule has 3 nitrogen and oxygen atoms in total. The van der Waals surface area contributed by atoms with Gasteiger partial charge >= 0.3 is 17.0 Å². The van der Waals surface area contributed by atoms with Gasteiger partial charge in [0.05, 0.1) is 0 Å². The van der Waals surface area contributed by atoms with Crippen LogP contribution in [0.4, 0.5) is 0 Å². The van der Waals surface area contributed by atoms with Crippen LogP contribution in [0.25, 0.3) is 0 Å². The van der Waals surface area contributed by atoms with Crippen molar-refractivity contribution in [2.75, 3.05) is 0 Å². The van der Waals surface area contributed by atoms with Crippen LogP contribution in [0.15, 0.2) is 0 Å². The largest absolute Gasteiger partial charge is 0.435 e. The van der Waals surface area contributed by atoms with Gasteiger partial charge in [-0.2, -0.15) is 0 Å². The molecule has 0 heterocycles. The van der Waals surface area contributed by atoms with Crippen LogP contribution in [-0.4, -0.2) is 38.0 Å². The molecule has 0 aliphatic rings. The van der Waals surface area contributed by atoms with Crippen molar-refractivity contribution < 1.29 is 12.7 Å². The monoisotopic (exact) mass is 175 g/mol. The average molecular weight is 175 g/mol. The molecule has 0 saturated heterocycles. The van der Waals surface area contributed by atoms with E-state index < -0.39 is 17.0 Å². The minimum atomic E-state index is -2.37. The molecule has 0 aromatic rings. The lowest BCUT2D eigenvalue weighted by molar-refractivity contribution is 0.456. The lowest BCUT2D eigenvalue weighted by Gasteiger charge is -2.13. The van der Waals surface area contributed by atoms with Crippen LogP contribution in [-0.2, 0) is 12.7 Å². The Morgan fingerprint density at radius 2 is 1.88 bits per heavy atom. The molecule has 0 aromatic carbocycles. The van der Waals surface area contributed by atoms with Gasteiger partial charge in [-0.1, -0.05) is 0 Å². The SMILES string of the molecule is C[Si](O[Si])(O[Si])[Si]=O. The van der Waals surface area contributed by atoms with Crippen molar-refractivity contribution in [3.63, 3.8) is 0 Å². The summed E-state index contributed by atoms with van der Waals surface area (Å²) in [6.07, 6.45) is 0. The smallest absolute Gasteiger partial charge is 0.372 e. The van der Waals surface area contributed by atoms with Crippen LogP contribution < -0.4 is 0 Å². The highest BCUT2D eigenvalue weighted by molar-refractivity contribution is 7.13. The fourth-order valence-corrected chi connectivity index (χ4v) is 1.69. The predicted octanol–water partition coefficient (Wildman–Crippen LogP) is -1.20. The molecule has 0 rings (SSSR count). The number of hydrogen-bond donors (Lipinski definition) is 0. The summed E-state index contributed by atoms with van der Waals surface area (Å²) in [5, 5.41) is 0. The summed E-state index contributed by atoms with van der Waals surface area (Å²) < 4.78 is 19.4. The maximum Gasteiger partial charge on any atom is 0.372 e. The average Bonchev–Trinajstić information content (AvgIpc) is 1.87. The first-order valence-corrected chi connectivity index (χ1v) is 6.81. The Kier molecular flexibility index (Phi) is 3.85. The standard InChI is InChI=1S/CH3O3Si4/c1-8(3-5,4-6)7-2/h1H3. The van der Waals surface area contributed by atoms with Gasteiger partial charge in [0.25, 0.3) is 0 Å². The van der Waals surface area contributed by atoms with Crippen molar-refractivity contribution in [3.05, 3.63) is 0 Å². The molecular weight excluding hydrogens is 172 g/mol. The van der Waals surface area contributed by atoms with Crippen molar-refractivity contribution in [1.82, 2.24) is 0 Å². The second kappa shape index (κ2) is 3.58. The Labute approximate surface area is 57.8 Å². The summed E-state index contributed by atoms with van der Waals surface area (Å²) in [5.41, 5.74) is 0. The Morgan fingerprint density at radius 3 is 1.88 bits per heavy atom. The molecule has 0 aromatic heterocycles. The molecule has 0 amide bonds. The summed E-state index contributed by atoms with van der Waals surface area (Å²) in [7, 11) is 2.58. The zero-order valence-corrected chi connectivity index (χ0v) is 8.22. The van der Waals surface area contributed by atoms with E-state index in [9.17, 15) is 4.46 Å². The first-order valence-electron chi connectivity index (χ1n) is 1.77. The van der Waals surface area contributed by atoms with Crippen LogP contribution >= 0.6 is 0 Å². The van der Waals surface area contributed by atoms with E-state index in [2.05, 4.69) is 29.2 Å². The van der Waals surface area contributed by atoms with E-state index in [1.807, 2.05) is 0 Å². The van der Waals surface area contributed by atoms with Crippen molar-refractivity contribution in [1.29, 1.82) is 0 Å². The molecule has 0 saturated carbocycles. The van der Waals surface area contributed by atoms with Crippen LogP contribution in [0.5, 0.6) is 0 Å². The molecule has 7 heteroatoms. The van der Waals surface area contributed by atoms with Crippen molar-refractivity contribution in [2.45, 2.75) is 6.55 Å². The van der Waals surface area contributed by atoms with Crippen LogP contribution in [0.3, 0.4) is 0 Å². The second-order valence-corrected chi connectivity index (χ2v) is 8.32. The van der Waals surface area contributed by atoms with Gasteiger partial charge in [-0.3, -0.25) is 0 Å². The minimum Gasteiger partial charge on any atom is -0.435 e. The summed E-state index contributed by atoms with van der Waals surface area (Å²) in [4.78, 5) is 0. The molecule has 0 N–H and O–H groups in total. The Morgan fingerprint density at radius 1 is 1.50 bits per heavy atom. The zero-order chi connectivity index (χ0) is 6.62. The van der Waals surface area contributed by atoms with Gasteiger partial charge in [0, 0.05) is 0 Å². The van der Waals surface area contributed by atoms with E-state index in [0.717, 1.165) is 0 Å². The van der Waals surface area contributed by atoms with Gasteiger partial charge in [0.15, 0.2) is 0 Å². The molecule has 0 aliphatic heterocycles. The second-order valence-electron chi connectivity index (χ2n) is 1.25. The summed E-state index contributed by atoms with van der Waals surface area (Å²) in [6.45, 7) is 1.65. The Bertz CT molecular complexity index is 79.4. The summed E-state index contributed by atoms with van der Waals surface area (Å²) in [5.74, 6) is 0. The molecule has 0 fully saturated rings. The van der Waals surface area contributed by atoms with E-state index in [1.54, 1.807) is 6.55 Å². The molecule has 8 heavy (non-hydrogen) atoms. The fraction of sp³-hybridized carbons (Fsp3) is 1.00. The van der Waals surface area contributed by atoms with E-state index in [-0.39, 0.29) is 0 Å². The summed E-state index contributed by atoms with van der Waals surface area (Å²) in [6, 6.07) is 0. The fourth-order valence-electron chi connectivity index (χ4n) is 0.0625. The number of rotatable bonds is 3. The lowest BCUT2D eigenvalue weighted by atomic mass is 11.9. The van der Waals surface area contributed by atoms with Crippen LogP contribution in [0, 0.1) is 0 Å². The molecule has 0 unspecified atom stereocenters. The van der Waals surface area contributed by atoms with Crippen LogP contribution in [0.2, 0.25) is 6.55 Å². The van der Waals surface area contributed by atoms with E-state index in [0.29, 0.717) is 0 Å². The van der Waals surface area contributed by atoms with E-state index >= 15 is 0 Å². The topological polar surface area (TPSA) is 35.5 Å². The third-order valence-corrected chi connectivity index (χ3v) is 7.01. The molecule has 7 radical (unpaired) electrons. The lowest BCUT2D eigenvalue weighted by Crippen LogP contribution is -2.40. The van der Waals surface area contributed by atoms with Crippen LogP contribution in [0.1, 0.15) is 0 Å². The zero-order valence-electron chi connectivity index (χ0n) is 4.22. The maximum absolute atomic E-state index is 10.2. The highest BCUT2D eigenvalue weighted by Gasteiger charge is 2.28. The highest BCUT2D eigenvalue weighted by atomic mass is 29.2. The first kappa shape index (κ1) is 8.59. The van der Waals surface area contributed by atoms with E-state index in [4.69, 9.17) is 0 Å². The first-order chi connectivity index (χ1) is 3.68. The van der Waals surface area contributed by atoms with Gasteiger partial charge in [-0.15, -0.1) is 0 Å². The number of hydrogen-bond acceptors (Lipinski definition) is 3. The minimum absolute atomic E-state index is 0.551. The van der Waals surface area contributed by atoms with Gasteiger partial charge in [-0.05, 0) is 6.55 Å². The van der Waals surface area contributed by atoms with Gasteiger partial charge in [0.1, 0.15) is 0 Å². The maximum atomic E-state index is 10.2. The van der Waals surface area contributed by atoms with Crippen molar-refractivity contribution in [3.8, 4) is 0 Å². The molecule has 41 valence electrons. The molecule has 0 aliphatic carbocycles. The van der Waals surface area contributed by atoms with Crippen molar-refractivity contribution >= 4 is 38.0 Å². The Hall–Kier alpha value is 0.588. The molecular formula is CH3O3Si4. The van der Waals surface area contributed by atoms with E-state index in [1.165, 1.54) is 0 Å². The third kappa shape index (κ3) is 2.24. The quantitative estimate of drug-likeness (QED) is 0.506.